The molecule has 1 aromatic heterocycles. The van der Waals surface area contributed by atoms with Gasteiger partial charge in [-0.05, 0) is 56.9 Å². The fraction of sp³-hybridized carbons (Fsp3) is 0.435. The quantitative estimate of drug-likeness (QED) is 0.715. The number of pyridine rings is 1. The molecule has 3 heterocycles. The minimum absolute atomic E-state index is 0.0694. The molecule has 10 heteroatoms. The number of benzene rings is 1. The SMILES string of the molecule is C1CCOC1.CC1CCC(C(=O)Nc2ccnc(C(N)=O)c2)O1.COc1cccc(F)c1F. The van der Waals surface area contributed by atoms with E-state index in [0.29, 0.717) is 12.1 Å². The number of carbonyl (C=O) groups is 2. The van der Waals surface area contributed by atoms with Crippen molar-refractivity contribution in [2.24, 2.45) is 5.73 Å². The summed E-state index contributed by atoms with van der Waals surface area (Å²) < 4.78 is 39.7. The second-order valence-electron chi connectivity index (χ2n) is 7.37. The van der Waals surface area contributed by atoms with Gasteiger partial charge in [0.15, 0.2) is 11.6 Å². The van der Waals surface area contributed by atoms with Crippen LogP contribution in [0, 0.1) is 11.6 Å². The zero-order valence-corrected chi connectivity index (χ0v) is 18.7. The molecular weight excluding hydrogens is 436 g/mol. The summed E-state index contributed by atoms with van der Waals surface area (Å²) in [7, 11) is 1.29. The summed E-state index contributed by atoms with van der Waals surface area (Å²) >= 11 is 0. The largest absolute Gasteiger partial charge is 0.494 e. The van der Waals surface area contributed by atoms with Crippen LogP contribution in [0.1, 0.15) is 43.1 Å². The molecule has 33 heavy (non-hydrogen) atoms. The summed E-state index contributed by atoms with van der Waals surface area (Å²) in [6.45, 7) is 3.94. The molecule has 0 radical (unpaired) electrons. The summed E-state index contributed by atoms with van der Waals surface area (Å²) in [4.78, 5) is 26.6. The first-order chi connectivity index (χ1) is 15.8. The second kappa shape index (κ2) is 13.4. The maximum atomic E-state index is 12.5. The molecule has 0 saturated carbocycles. The normalized spacial score (nSPS) is 18.9. The molecule has 2 atom stereocenters. The summed E-state index contributed by atoms with van der Waals surface area (Å²) in [5.41, 5.74) is 5.73. The molecule has 1 aromatic carbocycles. The van der Waals surface area contributed by atoms with E-state index in [4.69, 9.17) is 15.2 Å². The van der Waals surface area contributed by atoms with Crippen molar-refractivity contribution in [1.29, 1.82) is 0 Å². The van der Waals surface area contributed by atoms with E-state index in [1.54, 1.807) is 6.07 Å². The lowest BCUT2D eigenvalue weighted by Gasteiger charge is -2.11. The molecule has 2 fully saturated rings. The van der Waals surface area contributed by atoms with Gasteiger partial charge in [-0.1, -0.05) is 6.07 Å². The fourth-order valence-electron chi connectivity index (χ4n) is 3.01. The Morgan fingerprint density at radius 2 is 1.91 bits per heavy atom. The number of nitrogens with two attached hydrogens (primary N) is 1. The predicted molar refractivity (Wildman–Crippen MR) is 118 cm³/mol. The maximum absolute atomic E-state index is 12.5. The number of primary amides is 1. The van der Waals surface area contributed by atoms with Crippen LogP contribution in [0.4, 0.5) is 14.5 Å². The monoisotopic (exact) mass is 465 g/mol. The average Bonchev–Trinajstić information content (AvgIpc) is 3.51. The van der Waals surface area contributed by atoms with Gasteiger partial charge in [-0.2, -0.15) is 4.39 Å². The Labute approximate surface area is 191 Å². The summed E-state index contributed by atoms with van der Waals surface area (Å²) in [6.07, 6.45) is 5.25. The van der Waals surface area contributed by atoms with E-state index in [9.17, 15) is 18.4 Å². The number of nitrogens with zero attached hydrogens (tertiary/aromatic N) is 1. The maximum Gasteiger partial charge on any atom is 0.267 e. The highest BCUT2D eigenvalue weighted by Crippen LogP contribution is 2.21. The lowest BCUT2D eigenvalue weighted by molar-refractivity contribution is -0.126. The van der Waals surface area contributed by atoms with Crippen molar-refractivity contribution >= 4 is 17.5 Å². The van der Waals surface area contributed by atoms with Crippen molar-refractivity contribution in [2.75, 3.05) is 25.6 Å². The molecule has 2 unspecified atom stereocenters. The van der Waals surface area contributed by atoms with Crippen LogP contribution in [-0.4, -0.2) is 49.3 Å². The van der Waals surface area contributed by atoms with E-state index >= 15 is 0 Å². The van der Waals surface area contributed by atoms with Gasteiger partial charge in [0.05, 0.1) is 13.2 Å². The van der Waals surface area contributed by atoms with Crippen LogP contribution >= 0.6 is 0 Å². The van der Waals surface area contributed by atoms with E-state index in [-0.39, 0.29) is 23.5 Å². The Kier molecular flexibility index (Phi) is 10.6. The van der Waals surface area contributed by atoms with Crippen molar-refractivity contribution in [2.45, 2.75) is 44.8 Å². The average molecular weight is 465 g/mol. The highest BCUT2D eigenvalue weighted by molar-refractivity contribution is 5.96. The van der Waals surface area contributed by atoms with Crippen LogP contribution in [0.25, 0.3) is 0 Å². The zero-order chi connectivity index (χ0) is 24.2. The number of ether oxygens (including phenoxy) is 3. The first kappa shape index (κ1) is 26.1. The smallest absolute Gasteiger partial charge is 0.267 e. The van der Waals surface area contributed by atoms with Crippen LogP contribution in [0.15, 0.2) is 36.5 Å². The van der Waals surface area contributed by atoms with Gasteiger partial charge < -0.3 is 25.3 Å². The second-order valence-corrected chi connectivity index (χ2v) is 7.37. The highest BCUT2D eigenvalue weighted by Gasteiger charge is 2.28. The lowest BCUT2D eigenvalue weighted by Crippen LogP contribution is -2.28. The third-order valence-electron chi connectivity index (χ3n) is 4.77. The summed E-state index contributed by atoms with van der Waals surface area (Å²) in [5.74, 6) is -2.73. The predicted octanol–water partition coefficient (Wildman–Crippen LogP) is 3.46. The van der Waals surface area contributed by atoms with Crippen molar-refractivity contribution in [3.63, 3.8) is 0 Å². The number of carbonyl (C=O) groups excluding carboxylic acids is 2. The summed E-state index contributed by atoms with van der Waals surface area (Å²) in [5, 5.41) is 2.69. The van der Waals surface area contributed by atoms with Gasteiger partial charge in [0.25, 0.3) is 11.8 Å². The highest BCUT2D eigenvalue weighted by atomic mass is 19.2. The van der Waals surface area contributed by atoms with Crippen molar-refractivity contribution in [3.05, 3.63) is 53.9 Å². The number of amides is 2. The topological polar surface area (TPSA) is 113 Å². The molecule has 3 N–H and O–H groups in total. The lowest BCUT2D eigenvalue weighted by atomic mass is 10.2. The molecule has 2 saturated heterocycles. The Morgan fingerprint density at radius 3 is 2.42 bits per heavy atom. The molecule has 0 aliphatic carbocycles. The molecular formula is C23H29F2N3O5. The van der Waals surface area contributed by atoms with E-state index in [2.05, 4.69) is 15.0 Å². The van der Waals surface area contributed by atoms with Gasteiger partial charge >= 0.3 is 0 Å². The third kappa shape index (κ3) is 8.74. The number of halogens is 2. The fourth-order valence-corrected chi connectivity index (χ4v) is 3.01. The van der Waals surface area contributed by atoms with Crippen LogP contribution < -0.4 is 15.8 Å². The molecule has 2 aliphatic heterocycles. The molecule has 8 nitrogen and oxygen atoms in total. The third-order valence-corrected chi connectivity index (χ3v) is 4.77. The van der Waals surface area contributed by atoms with E-state index < -0.39 is 23.6 Å². The molecule has 4 rings (SSSR count). The molecule has 2 aromatic rings. The Bertz CT molecular complexity index is 917. The van der Waals surface area contributed by atoms with Gasteiger partial charge in [-0.25, -0.2) is 4.39 Å². The molecule has 180 valence electrons. The van der Waals surface area contributed by atoms with E-state index in [1.165, 1.54) is 44.3 Å². The van der Waals surface area contributed by atoms with E-state index in [0.717, 1.165) is 25.7 Å². The number of hydrogen-bond donors (Lipinski definition) is 2. The first-order valence-electron chi connectivity index (χ1n) is 10.6. The number of aromatic nitrogens is 1. The van der Waals surface area contributed by atoms with Crippen molar-refractivity contribution < 1.29 is 32.6 Å². The molecule has 0 bridgehead atoms. The van der Waals surface area contributed by atoms with Crippen LogP contribution in [0.2, 0.25) is 0 Å². The number of anilines is 1. The number of methoxy groups -OCH3 is 1. The van der Waals surface area contributed by atoms with Crippen LogP contribution in [0.3, 0.4) is 0 Å². The standard InChI is InChI=1S/C12H15N3O3.C7H6F2O.C4H8O/c1-7-2-3-10(18-7)12(17)15-8-4-5-14-9(6-8)11(13)16;1-10-6-4-2-3-5(8)7(6)9;1-2-4-5-3-1/h4-7,10H,2-3H2,1H3,(H2,13,16)(H,14,15,17);2-4H,1H3;1-4H2. The van der Waals surface area contributed by atoms with Crippen molar-refractivity contribution in [3.8, 4) is 5.75 Å². The van der Waals surface area contributed by atoms with Gasteiger partial charge in [0.1, 0.15) is 11.8 Å². The molecule has 2 amide bonds. The minimum Gasteiger partial charge on any atom is -0.494 e. The van der Waals surface area contributed by atoms with Crippen LogP contribution in [0.5, 0.6) is 5.75 Å². The number of rotatable bonds is 4. The Morgan fingerprint density at radius 1 is 1.18 bits per heavy atom. The molecule has 2 aliphatic rings. The Balaban J connectivity index is 0.000000213. The van der Waals surface area contributed by atoms with Crippen molar-refractivity contribution in [1.82, 2.24) is 4.98 Å². The van der Waals surface area contributed by atoms with E-state index in [1.807, 2.05) is 6.92 Å². The number of nitrogens with one attached hydrogen (secondary N) is 1. The minimum atomic E-state index is -0.940. The molecule has 0 spiro atoms. The van der Waals surface area contributed by atoms with Gasteiger partial charge in [-0.15, -0.1) is 0 Å². The Hall–Kier alpha value is -3.11. The van der Waals surface area contributed by atoms with Gasteiger partial charge in [0.2, 0.25) is 5.82 Å². The number of hydrogen-bond acceptors (Lipinski definition) is 6. The van der Waals surface area contributed by atoms with Crippen LogP contribution in [-0.2, 0) is 14.3 Å². The van der Waals surface area contributed by atoms with Gasteiger partial charge in [0, 0.05) is 25.1 Å². The zero-order valence-electron chi connectivity index (χ0n) is 18.7. The first-order valence-corrected chi connectivity index (χ1v) is 10.6. The summed E-state index contributed by atoms with van der Waals surface area (Å²) in [6, 6.07) is 6.83. The van der Waals surface area contributed by atoms with Gasteiger partial charge in [-0.3, -0.25) is 14.6 Å².